The third kappa shape index (κ3) is 1.66. The zero-order valence-electron chi connectivity index (χ0n) is 11.4. The first-order valence-electron chi connectivity index (χ1n) is 6.87. The van der Waals surface area contributed by atoms with Gasteiger partial charge in [-0.25, -0.2) is 0 Å². The molecule has 0 aromatic heterocycles. The van der Waals surface area contributed by atoms with Crippen molar-refractivity contribution in [1.82, 2.24) is 0 Å². The molecule has 2 heteroatoms. The van der Waals surface area contributed by atoms with Gasteiger partial charge < -0.3 is 4.74 Å². The predicted molar refractivity (Wildman–Crippen MR) is 70.5 cm³/mol. The standard InChI is InChI=1S/C16H20O2/c1-9-8-10(2)13-6-4-12-5-7-14(17)18-16(12)15(13)11(9)3/h8,12,16H,4-7H2,1-3H3. The molecule has 18 heavy (non-hydrogen) atoms. The summed E-state index contributed by atoms with van der Waals surface area (Å²) in [5.74, 6) is 0.512. The highest BCUT2D eigenvalue weighted by molar-refractivity contribution is 5.71. The van der Waals surface area contributed by atoms with Gasteiger partial charge in [0.25, 0.3) is 0 Å². The average Bonchev–Trinajstić information content (AvgIpc) is 2.34. The van der Waals surface area contributed by atoms with E-state index >= 15 is 0 Å². The molecule has 1 saturated heterocycles. The van der Waals surface area contributed by atoms with Crippen LogP contribution in [0.2, 0.25) is 0 Å². The molecule has 1 aromatic rings. The summed E-state index contributed by atoms with van der Waals surface area (Å²) in [5, 5.41) is 0. The van der Waals surface area contributed by atoms with Crippen LogP contribution in [0.5, 0.6) is 0 Å². The molecule has 0 spiro atoms. The van der Waals surface area contributed by atoms with E-state index in [9.17, 15) is 4.79 Å². The van der Waals surface area contributed by atoms with E-state index in [2.05, 4.69) is 26.8 Å². The van der Waals surface area contributed by atoms with Crippen LogP contribution in [-0.4, -0.2) is 5.97 Å². The van der Waals surface area contributed by atoms with Crippen molar-refractivity contribution in [3.8, 4) is 0 Å². The lowest BCUT2D eigenvalue weighted by Crippen LogP contribution is -2.31. The molecule has 1 aliphatic carbocycles. The molecule has 0 bridgehead atoms. The lowest BCUT2D eigenvalue weighted by Gasteiger charge is -2.38. The number of esters is 1. The minimum absolute atomic E-state index is 0.0219. The number of carbonyl (C=O) groups is 1. The Kier molecular flexibility index (Phi) is 2.69. The first-order chi connectivity index (χ1) is 8.58. The molecule has 2 aliphatic rings. The van der Waals surface area contributed by atoms with Crippen molar-refractivity contribution in [2.45, 2.75) is 52.6 Å². The summed E-state index contributed by atoms with van der Waals surface area (Å²) in [6.07, 6.45) is 3.92. The Labute approximate surface area is 108 Å². The van der Waals surface area contributed by atoms with E-state index in [-0.39, 0.29) is 12.1 Å². The van der Waals surface area contributed by atoms with Gasteiger partial charge in [-0.15, -0.1) is 0 Å². The minimum atomic E-state index is -0.0253. The summed E-state index contributed by atoms with van der Waals surface area (Å²) in [4.78, 5) is 11.6. The van der Waals surface area contributed by atoms with Crippen LogP contribution in [0.15, 0.2) is 6.07 Å². The molecular formula is C16H20O2. The van der Waals surface area contributed by atoms with Crippen molar-refractivity contribution in [3.63, 3.8) is 0 Å². The molecule has 0 radical (unpaired) electrons. The van der Waals surface area contributed by atoms with Crippen LogP contribution in [0.25, 0.3) is 0 Å². The highest BCUT2D eigenvalue weighted by Crippen LogP contribution is 2.45. The van der Waals surface area contributed by atoms with E-state index in [4.69, 9.17) is 4.74 Å². The second-order valence-corrected chi connectivity index (χ2v) is 5.78. The molecule has 0 amide bonds. The minimum Gasteiger partial charge on any atom is -0.457 e. The van der Waals surface area contributed by atoms with Gasteiger partial charge in [-0.2, -0.15) is 0 Å². The quantitative estimate of drug-likeness (QED) is 0.652. The smallest absolute Gasteiger partial charge is 0.306 e. The summed E-state index contributed by atoms with van der Waals surface area (Å²) in [6.45, 7) is 6.49. The Morgan fingerprint density at radius 3 is 2.61 bits per heavy atom. The van der Waals surface area contributed by atoms with Gasteiger partial charge in [0.15, 0.2) is 0 Å². The van der Waals surface area contributed by atoms with Crippen LogP contribution < -0.4 is 0 Å². The highest BCUT2D eigenvalue weighted by Gasteiger charge is 2.37. The molecule has 2 unspecified atom stereocenters. The average molecular weight is 244 g/mol. The van der Waals surface area contributed by atoms with Gasteiger partial charge in [-0.05, 0) is 67.9 Å². The largest absolute Gasteiger partial charge is 0.457 e. The summed E-state index contributed by atoms with van der Waals surface area (Å²) >= 11 is 0. The van der Waals surface area contributed by atoms with Crippen molar-refractivity contribution in [1.29, 1.82) is 0 Å². The third-order valence-corrected chi connectivity index (χ3v) is 4.69. The lowest BCUT2D eigenvalue weighted by molar-refractivity contribution is -0.159. The van der Waals surface area contributed by atoms with E-state index in [0.29, 0.717) is 12.3 Å². The summed E-state index contributed by atoms with van der Waals surface area (Å²) in [6, 6.07) is 2.26. The van der Waals surface area contributed by atoms with Crippen molar-refractivity contribution >= 4 is 5.97 Å². The van der Waals surface area contributed by atoms with Crippen molar-refractivity contribution in [3.05, 3.63) is 33.9 Å². The van der Waals surface area contributed by atoms with E-state index in [1.807, 2.05) is 0 Å². The van der Waals surface area contributed by atoms with Gasteiger partial charge in [0.2, 0.25) is 0 Å². The van der Waals surface area contributed by atoms with Gasteiger partial charge in [0.05, 0.1) is 0 Å². The number of fused-ring (bicyclic) bond motifs is 3. The van der Waals surface area contributed by atoms with Crippen molar-refractivity contribution in [2.24, 2.45) is 5.92 Å². The molecule has 1 aliphatic heterocycles. The maximum absolute atomic E-state index is 11.6. The maximum atomic E-state index is 11.6. The molecule has 2 nitrogen and oxygen atoms in total. The van der Waals surface area contributed by atoms with E-state index in [1.54, 1.807) is 0 Å². The fourth-order valence-corrected chi connectivity index (χ4v) is 3.56. The monoisotopic (exact) mass is 244 g/mol. The maximum Gasteiger partial charge on any atom is 0.306 e. The molecule has 1 aromatic carbocycles. The molecule has 0 N–H and O–H groups in total. The number of carbonyl (C=O) groups excluding carboxylic acids is 1. The summed E-state index contributed by atoms with van der Waals surface area (Å²) < 4.78 is 5.67. The van der Waals surface area contributed by atoms with Gasteiger partial charge in [-0.1, -0.05) is 6.07 Å². The Morgan fingerprint density at radius 2 is 1.83 bits per heavy atom. The zero-order chi connectivity index (χ0) is 12.9. The van der Waals surface area contributed by atoms with E-state index in [1.165, 1.54) is 27.8 Å². The van der Waals surface area contributed by atoms with Crippen LogP contribution >= 0.6 is 0 Å². The molecule has 96 valence electrons. The van der Waals surface area contributed by atoms with Gasteiger partial charge in [0.1, 0.15) is 6.10 Å². The first kappa shape index (κ1) is 11.8. The van der Waals surface area contributed by atoms with Crippen LogP contribution in [0, 0.1) is 26.7 Å². The van der Waals surface area contributed by atoms with Crippen molar-refractivity contribution < 1.29 is 9.53 Å². The SMILES string of the molecule is Cc1cc(C)c2c(c1C)C1OC(=O)CCC1CC2. The van der Waals surface area contributed by atoms with Gasteiger partial charge >= 0.3 is 5.97 Å². The number of hydrogen-bond donors (Lipinski definition) is 0. The number of benzene rings is 1. The lowest BCUT2D eigenvalue weighted by atomic mass is 9.74. The predicted octanol–water partition coefficient (Wildman–Crippen LogP) is 3.55. The first-order valence-corrected chi connectivity index (χ1v) is 6.87. The number of aryl methyl sites for hydroxylation is 2. The summed E-state index contributed by atoms with van der Waals surface area (Å²) in [7, 11) is 0. The molecule has 1 heterocycles. The topological polar surface area (TPSA) is 26.3 Å². The fourth-order valence-electron chi connectivity index (χ4n) is 3.56. The van der Waals surface area contributed by atoms with Crippen LogP contribution in [0.4, 0.5) is 0 Å². The number of ether oxygens (including phenoxy) is 1. The third-order valence-electron chi connectivity index (χ3n) is 4.69. The van der Waals surface area contributed by atoms with E-state index in [0.717, 1.165) is 19.3 Å². The Bertz CT molecular complexity index is 516. The van der Waals surface area contributed by atoms with Crippen LogP contribution in [-0.2, 0) is 16.0 Å². The van der Waals surface area contributed by atoms with E-state index < -0.39 is 0 Å². The van der Waals surface area contributed by atoms with Gasteiger partial charge in [0, 0.05) is 12.3 Å². The molecule has 0 saturated carbocycles. The number of rotatable bonds is 0. The van der Waals surface area contributed by atoms with Crippen molar-refractivity contribution in [2.75, 3.05) is 0 Å². The molecule has 1 fully saturated rings. The zero-order valence-corrected chi connectivity index (χ0v) is 11.4. The molecular weight excluding hydrogens is 224 g/mol. The number of hydrogen-bond acceptors (Lipinski definition) is 2. The Hall–Kier alpha value is -1.31. The summed E-state index contributed by atoms with van der Waals surface area (Å²) in [5.41, 5.74) is 6.73. The second kappa shape index (κ2) is 4.11. The molecule has 2 atom stereocenters. The van der Waals surface area contributed by atoms with Crippen LogP contribution in [0.3, 0.4) is 0 Å². The normalized spacial score (nSPS) is 26.3. The molecule has 3 rings (SSSR count). The van der Waals surface area contributed by atoms with Gasteiger partial charge in [-0.3, -0.25) is 4.79 Å². The fraction of sp³-hybridized carbons (Fsp3) is 0.562. The Balaban J connectivity index is 2.14. The second-order valence-electron chi connectivity index (χ2n) is 5.78. The highest BCUT2D eigenvalue weighted by atomic mass is 16.5. The van der Waals surface area contributed by atoms with Crippen LogP contribution in [0.1, 0.15) is 53.2 Å². The Morgan fingerprint density at radius 1 is 1.11 bits per heavy atom.